The van der Waals surface area contributed by atoms with Gasteiger partial charge in [-0.15, -0.1) is 0 Å². The summed E-state index contributed by atoms with van der Waals surface area (Å²) in [5.74, 6) is 0.831. The summed E-state index contributed by atoms with van der Waals surface area (Å²) in [6.45, 7) is 5.77. The topological polar surface area (TPSA) is 26.3 Å². The molecule has 0 bridgehead atoms. The van der Waals surface area contributed by atoms with Gasteiger partial charge in [0, 0.05) is 5.41 Å². The lowest BCUT2D eigenvalue weighted by Gasteiger charge is -2.18. The minimum atomic E-state index is -0.443. The van der Waals surface area contributed by atoms with E-state index in [-0.39, 0.29) is 0 Å². The van der Waals surface area contributed by atoms with Crippen molar-refractivity contribution in [3.8, 4) is 5.75 Å². The van der Waals surface area contributed by atoms with Crippen molar-refractivity contribution in [1.82, 2.24) is 0 Å². The third-order valence-electron chi connectivity index (χ3n) is 2.45. The van der Waals surface area contributed by atoms with Gasteiger partial charge < -0.3 is 9.53 Å². The fourth-order valence-electron chi connectivity index (χ4n) is 1.29. The summed E-state index contributed by atoms with van der Waals surface area (Å²) in [5.41, 5.74) is 1.62. The van der Waals surface area contributed by atoms with Crippen molar-refractivity contribution in [3.63, 3.8) is 0 Å². The molecule has 0 aliphatic rings. The maximum atomic E-state index is 10.9. The molecule has 0 heterocycles. The van der Waals surface area contributed by atoms with Gasteiger partial charge in [0.25, 0.3) is 0 Å². The van der Waals surface area contributed by atoms with Gasteiger partial charge in [0.1, 0.15) is 12.0 Å². The Bertz CT molecular complexity index is 340. The molecule has 76 valence electrons. The normalized spacial score (nSPS) is 11.1. The number of benzene rings is 1. The molecule has 2 nitrogen and oxygen atoms in total. The van der Waals surface area contributed by atoms with Crippen molar-refractivity contribution in [2.24, 2.45) is 0 Å². The number of ether oxygens (including phenoxy) is 1. The fourth-order valence-corrected chi connectivity index (χ4v) is 1.29. The van der Waals surface area contributed by atoms with Crippen molar-refractivity contribution in [1.29, 1.82) is 0 Å². The summed E-state index contributed by atoms with van der Waals surface area (Å²) in [6, 6.07) is 5.86. The van der Waals surface area contributed by atoms with Crippen LogP contribution in [0.1, 0.15) is 25.0 Å². The van der Waals surface area contributed by atoms with E-state index in [0.717, 1.165) is 23.2 Å². The Balaban J connectivity index is 3.19. The van der Waals surface area contributed by atoms with Crippen LogP contribution in [0.2, 0.25) is 0 Å². The van der Waals surface area contributed by atoms with Gasteiger partial charge in [-0.1, -0.05) is 12.1 Å². The van der Waals surface area contributed by atoms with Gasteiger partial charge in [0.05, 0.1) is 7.11 Å². The highest BCUT2D eigenvalue weighted by atomic mass is 16.5. The van der Waals surface area contributed by atoms with E-state index >= 15 is 0 Å². The summed E-state index contributed by atoms with van der Waals surface area (Å²) in [6.07, 6.45) is 0.955. The molecular formula is C12H16O2. The van der Waals surface area contributed by atoms with E-state index in [0.29, 0.717) is 0 Å². The maximum Gasteiger partial charge on any atom is 0.129 e. The van der Waals surface area contributed by atoms with Crippen LogP contribution in [0.25, 0.3) is 0 Å². The van der Waals surface area contributed by atoms with Gasteiger partial charge in [-0.3, -0.25) is 0 Å². The molecular weight excluding hydrogens is 176 g/mol. The summed E-state index contributed by atoms with van der Waals surface area (Å²) in [7, 11) is 1.64. The highest BCUT2D eigenvalue weighted by molar-refractivity contribution is 5.67. The van der Waals surface area contributed by atoms with Crippen molar-refractivity contribution in [2.45, 2.75) is 26.2 Å². The summed E-state index contributed by atoms with van der Waals surface area (Å²) < 4.78 is 5.21. The van der Waals surface area contributed by atoms with E-state index in [4.69, 9.17) is 4.74 Å². The summed E-state index contributed by atoms with van der Waals surface area (Å²) in [5, 5.41) is 0. The van der Waals surface area contributed by atoms with Gasteiger partial charge in [-0.05, 0) is 38.0 Å². The van der Waals surface area contributed by atoms with Gasteiger partial charge in [0.15, 0.2) is 0 Å². The molecule has 1 rings (SSSR count). The average Bonchev–Trinajstić information content (AvgIpc) is 2.18. The minimum absolute atomic E-state index is 0.443. The van der Waals surface area contributed by atoms with Crippen LogP contribution >= 0.6 is 0 Å². The number of hydrogen-bond donors (Lipinski definition) is 0. The molecule has 0 unspecified atom stereocenters. The molecule has 0 aliphatic carbocycles. The predicted molar refractivity (Wildman–Crippen MR) is 56.8 cm³/mol. The van der Waals surface area contributed by atoms with Gasteiger partial charge in [0.2, 0.25) is 0 Å². The van der Waals surface area contributed by atoms with Crippen LogP contribution in [-0.4, -0.2) is 13.4 Å². The van der Waals surface area contributed by atoms with Crippen molar-refractivity contribution in [3.05, 3.63) is 29.3 Å². The van der Waals surface area contributed by atoms with E-state index in [2.05, 4.69) is 0 Å². The summed E-state index contributed by atoms with van der Waals surface area (Å²) >= 11 is 0. The van der Waals surface area contributed by atoms with Crippen LogP contribution in [0.5, 0.6) is 5.75 Å². The molecule has 1 aromatic rings. The van der Waals surface area contributed by atoms with Crippen molar-refractivity contribution >= 4 is 6.29 Å². The largest absolute Gasteiger partial charge is 0.496 e. The lowest BCUT2D eigenvalue weighted by molar-refractivity contribution is -0.111. The van der Waals surface area contributed by atoms with E-state index in [1.165, 1.54) is 0 Å². The Morgan fingerprint density at radius 3 is 2.50 bits per heavy atom. The molecule has 0 saturated heterocycles. The van der Waals surface area contributed by atoms with Crippen molar-refractivity contribution in [2.75, 3.05) is 7.11 Å². The Labute approximate surface area is 84.9 Å². The highest BCUT2D eigenvalue weighted by Crippen LogP contribution is 2.26. The van der Waals surface area contributed by atoms with Gasteiger partial charge in [-0.2, -0.15) is 0 Å². The SMILES string of the molecule is COc1cc(C(C)(C)C=O)ccc1C. The Kier molecular flexibility index (Phi) is 2.94. The number of rotatable bonds is 3. The zero-order chi connectivity index (χ0) is 10.8. The fraction of sp³-hybridized carbons (Fsp3) is 0.417. The van der Waals surface area contributed by atoms with E-state index in [1.807, 2.05) is 39.0 Å². The first-order valence-corrected chi connectivity index (χ1v) is 4.62. The van der Waals surface area contributed by atoms with E-state index < -0.39 is 5.41 Å². The number of carbonyl (C=O) groups excluding carboxylic acids is 1. The van der Waals surface area contributed by atoms with Gasteiger partial charge in [-0.25, -0.2) is 0 Å². The van der Waals surface area contributed by atoms with Crippen LogP contribution in [-0.2, 0) is 10.2 Å². The Morgan fingerprint density at radius 2 is 2.00 bits per heavy atom. The van der Waals surface area contributed by atoms with E-state index in [9.17, 15) is 4.79 Å². The maximum absolute atomic E-state index is 10.9. The molecule has 2 heteroatoms. The lowest BCUT2D eigenvalue weighted by atomic mass is 9.86. The first kappa shape index (κ1) is 10.8. The van der Waals surface area contributed by atoms with Crippen LogP contribution in [0.4, 0.5) is 0 Å². The van der Waals surface area contributed by atoms with Crippen LogP contribution in [0, 0.1) is 6.92 Å². The zero-order valence-electron chi connectivity index (χ0n) is 9.13. The minimum Gasteiger partial charge on any atom is -0.496 e. The molecule has 0 fully saturated rings. The highest BCUT2D eigenvalue weighted by Gasteiger charge is 2.20. The van der Waals surface area contributed by atoms with Crippen LogP contribution in [0.15, 0.2) is 18.2 Å². The number of aldehydes is 1. The molecule has 0 radical (unpaired) electrons. The Hall–Kier alpha value is -1.31. The number of aryl methyl sites for hydroxylation is 1. The number of hydrogen-bond acceptors (Lipinski definition) is 2. The molecule has 0 N–H and O–H groups in total. The standard InChI is InChI=1S/C12H16O2/c1-9-5-6-10(7-11(9)14-4)12(2,3)8-13/h5-8H,1-4H3. The first-order valence-electron chi connectivity index (χ1n) is 4.62. The third-order valence-corrected chi connectivity index (χ3v) is 2.45. The van der Waals surface area contributed by atoms with Crippen LogP contribution < -0.4 is 4.74 Å². The number of methoxy groups -OCH3 is 1. The second-order valence-electron chi connectivity index (χ2n) is 4.02. The molecule has 0 atom stereocenters. The third kappa shape index (κ3) is 1.95. The van der Waals surface area contributed by atoms with Gasteiger partial charge >= 0.3 is 0 Å². The van der Waals surface area contributed by atoms with Crippen LogP contribution in [0.3, 0.4) is 0 Å². The quantitative estimate of drug-likeness (QED) is 0.688. The van der Waals surface area contributed by atoms with Crippen molar-refractivity contribution < 1.29 is 9.53 Å². The van der Waals surface area contributed by atoms with E-state index in [1.54, 1.807) is 7.11 Å². The second-order valence-corrected chi connectivity index (χ2v) is 4.02. The molecule has 0 saturated carbocycles. The second kappa shape index (κ2) is 3.82. The number of carbonyl (C=O) groups is 1. The molecule has 14 heavy (non-hydrogen) atoms. The molecule has 0 aromatic heterocycles. The molecule has 0 aliphatic heterocycles. The molecule has 0 spiro atoms. The summed E-state index contributed by atoms with van der Waals surface area (Å²) in [4.78, 5) is 10.9. The smallest absolute Gasteiger partial charge is 0.129 e. The lowest BCUT2D eigenvalue weighted by Crippen LogP contribution is -2.18. The zero-order valence-corrected chi connectivity index (χ0v) is 9.13. The first-order chi connectivity index (χ1) is 6.51. The molecule has 0 amide bonds. The predicted octanol–water partition coefficient (Wildman–Crippen LogP) is 2.48. The monoisotopic (exact) mass is 192 g/mol. The average molecular weight is 192 g/mol. The molecule has 1 aromatic carbocycles. The Morgan fingerprint density at radius 1 is 1.36 bits per heavy atom.